The van der Waals surface area contributed by atoms with E-state index < -0.39 is 18.2 Å². The van der Waals surface area contributed by atoms with Crippen LogP contribution in [0.25, 0.3) is 0 Å². The zero-order chi connectivity index (χ0) is 25.7. The Morgan fingerprint density at radius 1 is 1.21 bits per heavy atom. The standard InChI is InChI=1S/C21H26N2O3S.C2HF3O2/c1-3-15(13-20(24)19(22)14-18-5-4-12-27-18)6-11-21(25)23-16-7-9-17(26-2)10-8-16;3-2(4,5)1(6)7/h4-12,15,19H,3,13-14,22H2,1-2H3,(H,23,25);(H,6,7)/b11-6+;/t15-,19-;/m0./s1. The summed E-state index contributed by atoms with van der Waals surface area (Å²) in [5.74, 6) is -2.24. The first kappa shape index (κ1) is 28.9. The van der Waals surface area contributed by atoms with Crippen LogP contribution in [0.1, 0.15) is 24.6 Å². The van der Waals surface area contributed by atoms with Gasteiger partial charge in [0, 0.05) is 23.4 Å². The number of rotatable bonds is 10. The number of alkyl halides is 3. The fraction of sp³-hybridized carbons (Fsp3) is 0.348. The van der Waals surface area contributed by atoms with E-state index in [0.29, 0.717) is 18.5 Å². The number of carbonyl (C=O) groups is 3. The summed E-state index contributed by atoms with van der Waals surface area (Å²) in [6.45, 7) is 1.99. The molecule has 7 nitrogen and oxygen atoms in total. The average Bonchev–Trinajstić information content (AvgIpc) is 3.29. The number of methoxy groups -OCH3 is 1. The largest absolute Gasteiger partial charge is 0.497 e. The Balaban J connectivity index is 0.000000718. The van der Waals surface area contributed by atoms with Crippen molar-refractivity contribution in [1.29, 1.82) is 0 Å². The number of benzene rings is 1. The molecular weight excluding hydrogens is 473 g/mol. The van der Waals surface area contributed by atoms with Gasteiger partial charge in [-0.2, -0.15) is 13.2 Å². The third kappa shape index (κ3) is 11.1. The lowest BCUT2D eigenvalue weighted by Crippen LogP contribution is -2.33. The molecule has 1 aromatic carbocycles. The predicted octanol–water partition coefficient (Wildman–Crippen LogP) is 4.44. The van der Waals surface area contributed by atoms with E-state index in [1.807, 2.05) is 24.4 Å². The van der Waals surface area contributed by atoms with Crippen LogP contribution in [0.3, 0.4) is 0 Å². The van der Waals surface area contributed by atoms with Crippen molar-refractivity contribution in [2.75, 3.05) is 12.4 Å². The van der Waals surface area contributed by atoms with Crippen LogP contribution < -0.4 is 15.8 Å². The summed E-state index contributed by atoms with van der Waals surface area (Å²) < 4.78 is 36.8. The molecule has 1 heterocycles. The third-order valence-electron chi connectivity index (χ3n) is 4.52. The lowest BCUT2D eigenvalue weighted by atomic mass is 9.94. The summed E-state index contributed by atoms with van der Waals surface area (Å²) in [6, 6.07) is 10.5. The van der Waals surface area contributed by atoms with Gasteiger partial charge in [0.2, 0.25) is 5.91 Å². The van der Waals surface area contributed by atoms with E-state index in [9.17, 15) is 22.8 Å². The predicted molar refractivity (Wildman–Crippen MR) is 124 cm³/mol. The fourth-order valence-electron chi connectivity index (χ4n) is 2.60. The van der Waals surface area contributed by atoms with Crippen LogP contribution >= 0.6 is 11.3 Å². The van der Waals surface area contributed by atoms with Crippen molar-refractivity contribution in [3.63, 3.8) is 0 Å². The molecule has 2 rings (SSSR count). The van der Waals surface area contributed by atoms with Crippen molar-refractivity contribution >= 4 is 34.7 Å². The molecule has 0 fully saturated rings. The molecule has 0 radical (unpaired) electrons. The van der Waals surface area contributed by atoms with Crippen LogP contribution in [0, 0.1) is 5.92 Å². The minimum absolute atomic E-state index is 0.00602. The number of ether oxygens (including phenoxy) is 1. The van der Waals surface area contributed by atoms with Crippen molar-refractivity contribution in [3.05, 3.63) is 58.8 Å². The topological polar surface area (TPSA) is 119 Å². The molecular formula is C23H27F3N2O5S. The highest BCUT2D eigenvalue weighted by atomic mass is 32.1. The molecule has 0 aliphatic carbocycles. The number of Topliss-reactive ketones (excluding diaryl/α,β-unsaturated/α-hetero) is 1. The number of nitrogens with one attached hydrogen (secondary N) is 1. The first-order valence-corrected chi connectivity index (χ1v) is 11.1. The molecule has 2 atom stereocenters. The number of thiophene rings is 1. The molecule has 11 heteroatoms. The van der Waals surface area contributed by atoms with Gasteiger partial charge in [-0.15, -0.1) is 11.3 Å². The van der Waals surface area contributed by atoms with Gasteiger partial charge in [0.25, 0.3) is 0 Å². The molecule has 0 saturated heterocycles. The summed E-state index contributed by atoms with van der Waals surface area (Å²) >= 11 is 1.60. The molecule has 0 aliphatic rings. The summed E-state index contributed by atoms with van der Waals surface area (Å²) in [7, 11) is 1.59. The number of hydrogen-bond acceptors (Lipinski definition) is 6. The van der Waals surface area contributed by atoms with E-state index >= 15 is 0 Å². The zero-order valence-electron chi connectivity index (χ0n) is 18.7. The van der Waals surface area contributed by atoms with Crippen molar-refractivity contribution in [1.82, 2.24) is 0 Å². The van der Waals surface area contributed by atoms with Gasteiger partial charge in [-0.05, 0) is 54.1 Å². The number of carbonyl (C=O) groups excluding carboxylic acids is 2. The Hall–Kier alpha value is -3.18. The second kappa shape index (κ2) is 14.2. The van der Waals surface area contributed by atoms with Gasteiger partial charge < -0.3 is 20.9 Å². The Morgan fingerprint density at radius 2 is 1.82 bits per heavy atom. The Kier molecular flexibility index (Phi) is 12.0. The molecule has 0 saturated carbocycles. The summed E-state index contributed by atoms with van der Waals surface area (Å²) in [4.78, 5) is 34.5. The van der Waals surface area contributed by atoms with Crippen LogP contribution in [0.15, 0.2) is 53.9 Å². The molecule has 0 aliphatic heterocycles. The second-order valence-corrected chi connectivity index (χ2v) is 8.14. The zero-order valence-corrected chi connectivity index (χ0v) is 19.5. The molecule has 0 spiro atoms. The number of aliphatic carboxylic acids is 1. The molecule has 186 valence electrons. The first-order valence-electron chi connectivity index (χ1n) is 10.2. The highest BCUT2D eigenvalue weighted by Gasteiger charge is 2.38. The van der Waals surface area contributed by atoms with E-state index in [2.05, 4.69) is 5.32 Å². The maximum absolute atomic E-state index is 12.4. The van der Waals surface area contributed by atoms with Gasteiger partial charge in [0.15, 0.2) is 0 Å². The Labute approximate surface area is 199 Å². The molecule has 0 bridgehead atoms. The summed E-state index contributed by atoms with van der Waals surface area (Å²) in [5.41, 5.74) is 6.72. The lowest BCUT2D eigenvalue weighted by Gasteiger charge is -2.13. The number of carboxylic acid groups (broad SMARTS) is 1. The molecule has 1 amide bonds. The number of nitrogens with two attached hydrogens (primary N) is 1. The molecule has 0 unspecified atom stereocenters. The average molecular weight is 501 g/mol. The molecule has 2 aromatic rings. The van der Waals surface area contributed by atoms with Crippen LogP contribution in [0.5, 0.6) is 5.75 Å². The van der Waals surface area contributed by atoms with Crippen molar-refractivity contribution < 1.29 is 37.4 Å². The van der Waals surface area contributed by atoms with Crippen LogP contribution in [-0.4, -0.2) is 42.1 Å². The van der Waals surface area contributed by atoms with Gasteiger partial charge in [-0.1, -0.05) is 19.1 Å². The highest BCUT2D eigenvalue weighted by Crippen LogP contribution is 2.17. The number of amides is 1. The van der Waals surface area contributed by atoms with Crippen LogP contribution in [0.4, 0.5) is 18.9 Å². The minimum atomic E-state index is -5.08. The van der Waals surface area contributed by atoms with Gasteiger partial charge in [-0.25, -0.2) is 4.79 Å². The Morgan fingerprint density at radius 3 is 2.29 bits per heavy atom. The number of hydrogen-bond donors (Lipinski definition) is 3. The highest BCUT2D eigenvalue weighted by molar-refractivity contribution is 7.09. The van der Waals surface area contributed by atoms with Crippen molar-refractivity contribution in [2.24, 2.45) is 11.7 Å². The van der Waals surface area contributed by atoms with Gasteiger partial charge >= 0.3 is 12.1 Å². The van der Waals surface area contributed by atoms with Crippen LogP contribution in [0.2, 0.25) is 0 Å². The van der Waals surface area contributed by atoms with E-state index in [1.165, 1.54) is 6.08 Å². The smallest absolute Gasteiger partial charge is 0.490 e. The normalized spacial score (nSPS) is 12.9. The van der Waals surface area contributed by atoms with E-state index in [-0.39, 0.29) is 17.6 Å². The number of halogens is 3. The quantitative estimate of drug-likeness (QED) is 0.415. The third-order valence-corrected chi connectivity index (χ3v) is 5.42. The fourth-order valence-corrected chi connectivity index (χ4v) is 3.36. The summed E-state index contributed by atoms with van der Waals surface area (Å²) in [5, 5.41) is 11.9. The number of carboxylic acids is 1. The number of anilines is 1. The SMILES string of the molecule is CC[C@@H](/C=C/C(=O)Nc1ccc(OC)cc1)CC(=O)[C@@H](N)Cc1cccs1.O=C(O)C(F)(F)F. The minimum Gasteiger partial charge on any atom is -0.497 e. The molecule has 1 aromatic heterocycles. The van der Waals surface area contributed by atoms with Crippen LogP contribution in [-0.2, 0) is 20.8 Å². The van der Waals surface area contributed by atoms with E-state index in [0.717, 1.165) is 17.0 Å². The number of ketones is 1. The number of allylic oxidation sites excluding steroid dienone is 1. The lowest BCUT2D eigenvalue weighted by molar-refractivity contribution is -0.192. The van der Waals surface area contributed by atoms with Gasteiger partial charge in [0.1, 0.15) is 11.5 Å². The van der Waals surface area contributed by atoms with Gasteiger partial charge in [0.05, 0.1) is 13.2 Å². The molecule has 4 N–H and O–H groups in total. The van der Waals surface area contributed by atoms with Crippen molar-refractivity contribution in [3.8, 4) is 5.75 Å². The first-order chi connectivity index (χ1) is 16.0. The maximum Gasteiger partial charge on any atom is 0.490 e. The van der Waals surface area contributed by atoms with Crippen molar-refractivity contribution in [2.45, 2.75) is 38.4 Å². The van der Waals surface area contributed by atoms with Gasteiger partial charge in [-0.3, -0.25) is 9.59 Å². The Bertz CT molecular complexity index is 945. The van der Waals surface area contributed by atoms with E-state index in [1.54, 1.807) is 48.8 Å². The molecule has 34 heavy (non-hydrogen) atoms. The maximum atomic E-state index is 12.4. The monoisotopic (exact) mass is 500 g/mol. The second-order valence-electron chi connectivity index (χ2n) is 7.11. The summed E-state index contributed by atoms with van der Waals surface area (Å²) in [6.07, 6.45) is -0.140. The van der Waals surface area contributed by atoms with E-state index in [4.69, 9.17) is 20.4 Å².